The summed E-state index contributed by atoms with van der Waals surface area (Å²) >= 11 is 0. The Bertz CT molecular complexity index is 643. The van der Waals surface area contributed by atoms with Crippen molar-refractivity contribution in [2.75, 3.05) is 6.61 Å². The number of nitrogens with two attached hydrogens (primary N) is 1. The molecule has 0 fully saturated rings. The third kappa shape index (κ3) is 4.55. The van der Waals surface area contributed by atoms with Crippen LogP contribution in [0.25, 0.3) is 0 Å². The summed E-state index contributed by atoms with van der Waals surface area (Å²) in [6.45, 7) is 10.5. The molecule has 2 N–H and O–H groups in total. The van der Waals surface area contributed by atoms with Crippen molar-refractivity contribution in [2.24, 2.45) is 10.7 Å². The minimum Gasteiger partial charge on any atom is -0.493 e. The van der Waals surface area contributed by atoms with Gasteiger partial charge in [-0.2, -0.15) is 0 Å². The van der Waals surface area contributed by atoms with Gasteiger partial charge in [-0.05, 0) is 40.2 Å². The summed E-state index contributed by atoms with van der Waals surface area (Å²) in [5.41, 5.74) is 7.27. The number of rotatable bonds is 8. The van der Waals surface area contributed by atoms with Crippen molar-refractivity contribution in [1.29, 1.82) is 0 Å². The number of aliphatic imine (C=N–C) groups is 1. The lowest BCUT2D eigenvalue weighted by atomic mass is 10.0. The number of hydrogen-bond donors (Lipinski definition) is 1. The van der Waals surface area contributed by atoms with Gasteiger partial charge >= 0.3 is 5.97 Å². The summed E-state index contributed by atoms with van der Waals surface area (Å²) in [5, 5.41) is 0. The Balaban J connectivity index is 2.33. The molecule has 0 aliphatic carbocycles. The van der Waals surface area contributed by atoms with E-state index in [0.717, 1.165) is 24.2 Å². The third-order valence-corrected chi connectivity index (χ3v) is 4.21. The summed E-state index contributed by atoms with van der Waals surface area (Å²) in [6.07, 6.45) is 1.29. The highest BCUT2D eigenvalue weighted by Gasteiger charge is 2.41. The highest BCUT2D eigenvalue weighted by atomic mass is 16.5. The van der Waals surface area contributed by atoms with E-state index in [0.29, 0.717) is 6.61 Å². The van der Waals surface area contributed by atoms with Crippen molar-refractivity contribution in [1.82, 2.24) is 4.90 Å². The van der Waals surface area contributed by atoms with Gasteiger partial charge in [0.2, 0.25) is 5.84 Å². The van der Waals surface area contributed by atoms with Gasteiger partial charge in [0.1, 0.15) is 11.9 Å². The molecule has 6 nitrogen and oxygen atoms in total. The molecule has 1 aromatic carbocycles. The average Bonchev–Trinajstić information content (AvgIpc) is 2.92. The van der Waals surface area contributed by atoms with Gasteiger partial charge < -0.3 is 20.1 Å². The molecule has 0 amide bonds. The van der Waals surface area contributed by atoms with E-state index in [-0.39, 0.29) is 24.0 Å². The highest BCUT2D eigenvalue weighted by molar-refractivity contribution is 6.36. The molecule has 26 heavy (non-hydrogen) atoms. The number of unbranched alkanes of at least 4 members (excludes halogenated alkanes) is 1. The molecule has 2 unspecified atom stereocenters. The standard InChI is InChI=1S/C20H31N3O3/c1-6-7-12-25-16-11-9-8-10-15(16)17-18(21)22-19(23(17)13(2)3)20(24)26-14(4)5/h8-11,13-14,17-18H,6-7,12,21H2,1-5H3. The van der Waals surface area contributed by atoms with Gasteiger partial charge in [-0.3, -0.25) is 0 Å². The smallest absolute Gasteiger partial charge is 0.374 e. The molecule has 0 aromatic heterocycles. The van der Waals surface area contributed by atoms with Crippen LogP contribution in [-0.2, 0) is 9.53 Å². The number of nitrogens with zero attached hydrogens (tertiary/aromatic N) is 2. The van der Waals surface area contributed by atoms with Crippen molar-refractivity contribution >= 4 is 11.8 Å². The average molecular weight is 361 g/mol. The van der Waals surface area contributed by atoms with E-state index in [4.69, 9.17) is 15.2 Å². The third-order valence-electron chi connectivity index (χ3n) is 4.21. The first kappa shape index (κ1) is 20.2. The monoisotopic (exact) mass is 361 g/mol. The fourth-order valence-electron chi connectivity index (χ4n) is 3.08. The Kier molecular flexibility index (Phi) is 7.03. The number of benzene rings is 1. The number of para-hydroxylation sites is 1. The van der Waals surface area contributed by atoms with Crippen LogP contribution in [0.2, 0.25) is 0 Å². The quantitative estimate of drug-likeness (QED) is 0.568. The van der Waals surface area contributed by atoms with E-state index >= 15 is 0 Å². The minimum absolute atomic E-state index is 0.0377. The summed E-state index contributed by atoms with van der Waals surface area (Å²) in [6, 6.07) is 7.61. The fraction of sp³-hybridized carbons (Fsp3) is 0.600. The first-order valence-electron chi connectivity index (χ1n) is 9.41. The first-order chi connectivity index (χ1) is 12.4. The second kappa shape index (κ2) is 9.03. The van der Waals surface area contributed by atoms with Crippen molar-refractivity contribution in [3.63, 3.8) is 0 Å². The van der Waals surface area contributed by atoms with Gasteiger partial charge in [0.25, 0.3) is 0 Å². The molecule has 0 bridgehead atoms. The van der Waals surface area contributed by atoms with Crippen LogP contribution in [0.3, 0.4) is 0 Å². The summed E-state index contributed by atoms with van der Waals surface area (Å²) in [7, 11) is 0. The molecule has 1 aliphatic heterocycles. The molecular weight excluding hydrogens is 330 g/mol. The summed E-state index contributed by atoms with van der Waals surface area (Å²) in [4.78, 5) is 18.9. The number of carbonyl (C=O) groups excluding carboxylic acids is 1. The maximum absolute atomic E-state index is 12.5. The van der Waals surface area contributed by atoms with Crippen molar-refractivity contribution in [3.05, 3.63) is 29.8 Å². The van der Waals surface area contributed by atoms with Crippen molar-refractivity contribution in [2.45, 2.75) is 71.8 Å². The lowest BCUT2D eigenvalue weighted by Gasteiger charge is -2.33. The van der Waals surface area contributed by atoms with Crippen LogP contribution < -0.4 is 10.5 Å². The molecule has 2 rings (SSSR count). The van der Waals surface area contributed by atoms with Gasteiger partial charge in [0.05, 0.1) is 18.8 Å². The second-order valence-corrected chi connectivity index (χ2v) is 7.08. The molecule has 144 valence electrons. The zero-order chi connectivity index (χ0) is 19.3. The largest absolute Gasteiger partial charge is 0.493 e. The second-order valence-electron chi connectivity index (χ2n) is 7.08. The number of amidine groups is 1. The summed E-state index contributed by atoms with van der Waals surface area (Å²) in [5.74, 6) is 0.645. The van der Waals surface area contributed by atoms with E-state index in [1.54, 1.807) is 0 Å². The molecule has 1 aromatic rings. The molecule has 1 aliphatic rings. The molecule has 2 atom stereocenters. The zero-order valence-electron chi connectivity index (χ0n) is 16.4. The lowest BCUT2D eigenvalue weighted by molar-refractivity contribution is -0.140. The van der Waals surface area contributed by atoms with Crippen LogP contribution in [0, 0.1) is 0 Å². The number of hydrogen-bond acceptors (Lipinski definition) is 6. The predicted octanol–water partition coefficient (Wildman–Crippen LogP) is 3.27. The Morgan fingerprint density at radius 1 is 1.27 bits per heavy atom. The maximum atomic E-state index is 12.5. The van der Waals surface area contributed by atoms with Gasteiger partial charge in [-0.25, -0.2) is 9.79 Å². The maximum Gasteiger partial charge on any atom is 0.374 e. The SMILES string of the molecule is CCCCOc1ccccc1C1C(N)N=C(C(=O)OC(C)C)N1C(C)C. The van der Waals surface area contributed by atoms with E-state index < -0.39 is 12.1 Å². The van der Waals surface area contributed by atoms with E-state index in [1.807, 2.05) is 56.9 Å². The van der Waals surface area contributed by atoms with Gasteiger partial charge in [-0.1, -0.05) is 31.5 Å². The molecule has 1 heterocycles. The zero-order valence-corrected chi connectivity index (χ0v) is 16.4. The number of ether oxygens (including phenoxy) is 2. The molecule has 6 heteroatoms. The predicted molar refractivity (Wildman–Crippen MR) is 103 cm³/mol. The van der Waals surface area contributed by atoms with Crippen molar-refractivity contribution < 1.29 is 14.3 Å². The first-order valence-corrected chi connectivity index (χ1v) is 9.41. The fourth-order valence-corrected chi connectivity index (χ4v) is 3.08. The van der Waals surface area contributed by atoms with Crippen LogP contribution in [0.15, 0.2) is 29.3 Å². The number of esters is 1. The van der Waals surface area contributed by atoms with E-state index in [9.17, 15) is 4.79 Å². The molecule has 0 saturated heterocycles. The van der Waals surface area contributed by atoms with Crippen LogP contribution in [0.5, 0.6) is 5.75 Å². The molecular formula is C20H31N3O3. The summed E-state index contributed by atoms with van der Waals surface area (Å²) < 4.78 is 11.3. The van der Waals surface area contributed by atoms with Gasteiger partial charge in [-0.15, -0.1) is 0 Å². The molecule has 0 spiro atoms. The molecule has 0 saturated carbocycles. The Labute approximate surface area is 156 Å². The normalized spacial score (nSPS) is 19.8. The van der Waals surface area contributed by atoms with Crippen LogP contribution >= 0.6 is 0 Å². The topological polar surface area (TPSA) is 77.2 Å². The van der Waals surface area contributed by atoms with Crippen LogP contribution in [0.1, 0.15) is 59.1 Å². The van der Waals surface area contributed by atoms with Gasteiger partial charge in [0.15, 0.2) is 0 Å². The number of carbonyl (C=O) groups is 1. The van der Waals surface area contributed by atoms with E-state index in [1.165, 1.54) is 0 Å². The lowest BCUT2D eigenvalue weighted by Crippen LogP contribution is -2.43. The Morgan fingerprint density at radius 3 is 2.58 bits per heavy atom. The van der Waals surface area contributed by atoms with Crippen LogP contribution in [0.4, 0.5) is 0 Å². The van der Waals surface area contributed by atoms with Gasteiger partial charge in [0, 0.05) is 11.6 Å². The Morgan fingerprint density at radius 2 is 1.96 bits per heavy atom. The van der Waals surface area contributed by atoms with E-state index in [2.05, 4.69) is 11.9 Å². The minimum atomic E-state index is -0.553. The molecule has 0 radical (unpaired) electrons. The highest BCUT2D eigenvalue weighted by Crippen LogP contribution is 2.37. The Hall–Kier alpha value is -2.08. The van der Waals surface area contributed by atoms with Crippen molar-refractivity contribution in [3.8, 4) is 5.75 Å². The van der Waals surface area contributed by atoms with Crippen LogP contribution in [-0.4, -0.2) is 41.6 Å².